The first-order chi connectivity index (χ1) is 23.6. The molecule has 0 radical (unpaired) electrons. The van der Waals surface area contributed by atoms with E-state index in [1.54, 1.807) is 48.5 Å². The van der Waals surface area contributed by atoms with E-state index in [0.717, 1.165) is 25.0 Å². The van der Waals surface area contributed by atoms with Crippen molar-refractivity contribution in [3.63, 3.8) is 0 Å². The second-order valence-corrected chi connectivity index (χ2v) is 11.5. The van der Waals surface area contributed by atoms with E-state index in [1.165, 1.54) is 43.5 Å². The molecule has 3 N–H and O–H groups in total. The number of carboxylic acids is 1. The molecule has 9 nitrogen and oxygen atoms in total. The molecule has 0 aliphatic heterocycles. The molecule has 11 heteroatoms. The van der Waals surface area contributed by atoms with Crippen LogP contribution in [0.15, 0.2) is 91.0 Å². The van der Waals surface area contributed by atoms with E-state index in [-0.39, 0.29) is 29.7 Å². The van der Waals surface area contributed by atoms with E-state index in [9.17, 15) is 33.1 Å². The van der Waals surface area contributed by atoms with Gasteiger partial charge in [0.1, 0.15) is 29.2 Å². The van der Waals surface area contributed by atoms with Crippen LogP contribution < -0.4 is 20.1 Å². The number of benzene rings is 4. The van der Waals surface area contributed by atoms with Crippen LogP contribution in [0.25, 0.3) is 0 Å². The smallest absolute Gasteiger partial charge is 0.343 e. The first kappa shape index (κ1) is 36.3. The molecule has 0 bridgehead atoms. The quantitative estimate of drug-likeness (QED) is 0.0618. The Kier molecular flexibility index (Phi) is 13.4. The van der Waals surface area contributed by atoms with Gasteiger partial charge in [-0.25, -0.2) is 18.4 Å². The van der Waals surface area contributed by atoms with E-state index in [2.05, 4.69) is 17.6 Å². The number of unbranched alkanes of at least 4 members (excludes halogenated alkanes) is 4. The van der Waals surface area contributed by atoms with Gasteiger partial charge in [0, 0.05) is 23.7 Å². The van der Waals surface area contributed by atoms with Gasteiger partial charge in [0.15, 0.2) is 0 Å². The Labute approximate surface area is 283 Å². The van der Waals surface area contributed by atoms with Gasteiger partial charge in [0.05, 0.1) is 18.6 Å². The van der Waals surface area contributed by atoms with Gasteiger partial charge in [0.25, 0.3) is 5.91 Å². The Balaban J connectivity index is 1.25. The molecule has 256 valence electrons. The number of halogens is 2. The third kappa shape index (κ3) is 11.9. The van der Waals surface area contributed by atoms with E-state index >= 15 is 0 Å². The highest BCUT2D eigenvalue weighted by Gasteiger charge is 2.21. The third-order valence-electron chi connectivity index (χ3n) is 7.50. The van der Waals surface area contributed by atoms with E-state index < -0.39 is 41.4 Å². The summed E-state index contributed by atoms with van der Waals surface area (Å²) in [5, 5.41) is 14.8. The van der Waals surface area contributed by atoms with Gasteiger partial charge in [0.2, 0.25) is 5.91 Å². The average molecular weight is 673 g/mol. The fraction of sp³-hybridized carbons (Fsp3) is 0.263. The first-order valence-electron chi connectivity index (χ1n) is 16.0. The van der Waals surface area contributed by atoms with Gasteiger partial charge >= 0.3 is 11.9 Å². The van der Waals surface area contributed by atoms with Crippen molar-refractivity contribution in [3.8, 4) is 11.5 Å². The van der Waals surface area contributed by atoms with E-state index in [1.807, 2.05) is 0 Å². The molecule has 0 aromatic heterocycles. The predicted molar refractivity (Wildman–Crippen MR) is 180 cm³/mol. The zero-order valence-electron chi connectivity index (χ0n) is 27.0. The minimum Gasteiger partial charge on any atom is -0.494 e. The molecule has 0 saturated heterocycles. The summed E-state index contributed by atoms with van der Waals surface area (Å²) in [7, 11) is 0. The third-order valence-corrected chi connectivity index (χ3v) is 7.50. The molecule has 0 fully saturated rings. The fourth-order valence-corrected chi connectivity index (χ4v) is 4.93. The van der Waals surface area contributed by atoms with Crippen molar-refractivity contribution in [2.24, 2.45) is 0 Å². The van der Waals surface area contributed by atoms with Gasteiger partial charge in [-0.2, -0.15) is 0 Å². The number of esters is 1. The van der Waals surface area contributed by atoms with Crippen molar-refractivity contribution in [1.82, 2.24) is 5.32 Å². The van der Waals surface area contributed by atoms with Crippen molar-refractivity contribution in [2.75, 3.05) is 11.9 Å². The number of aliphatic carboxylic acids is 1. The molecular formula is C38H38F2N2O7. The molecule has 2 amide bonds. The lowest BCUT2D eigenvalue weighted by molar-refractivity contribution is -0.139. The number of amides is 2. The summed E-state index contributed by atoms with van der Waals surface area (Å²) in [5.41, 5.74) is 1.59. The first-order valence-corrected chi connectivity index (χ1v) is 16.0. The Hall–Kier alpha value is -5.58. The molecule has 4 aromatic rings. The summed E-state index contributed by atoms with van der Waals surface area (Å²) in [4.78, 5) is 49.7. The minimum absolute atomic E-state index is 0.0375. The lowest BCUT2D eigenvalue weighted by Crippen LogP contribution is -2.42. The number of hydrogen-bond donors (Lipinski definition) is 3. The summed E-state index contributed by atoms with van der Waals surface area (Å²) < 4.78 is 38.0. The van der Waals surface area contributed by atoms with E-state index in [0.29, 0.717) is 35.2 Å². The summed E-state index contributed by atoms with van der Waals surface area (Å²) in [5.74, 6) is -3.59. The molecule has 0 unspecified atom stereocenters. The van der Waals surface area contributed by atoms with Crippen molar-refractivity contribution in [3.05, 3.63) is 125 Å². The largest absolute Gasteiger partial charge is 0.494 e. The topological polar surface area (TPSA) is 131 Å². The zero-order valence-corrected chi connectivity index (χ0v) is 27.0. The van der Waals surface area contributed by atoms with Gasteiger partial charge in [-0.1, -0.05) is 44.7 Å². The highest BCUT2D eigenvalue weighted by atomic mass is 19.1. The maximum Gasteiger partial charge on any atom is 0.343 e. The van der Waals surface area contributed by atoms with Gasteiger partial charge in [-0.3, -0.25) is 9.59 Å². The molecule has 0 spiro atoms. The van der Waals surface area contributed by atoms with Gasteiger partial charge in [-0.15, -0.1) is 0 Å². The Morgan fingerprint density at radius 1 is 0.735 bits per heavy atom. The van der Waals surface area contributed by atoms with Crippen LogP contribution in [0.4, 0.5) is 14.5 Å². The lowest BCUT2D eigenvalue weighted by atomic mass is 10.0. The molecule has 49 heavy (non-hydrogen) atoms. The molecule has 0 saturated carbocycles. The van der Waals surface area contributed by atoms with E-state index in [4.69, 9.17) is 9.47 Å². The molecule has 4 aromatic carbocycles. The maximum absolute atomic E-state index is 13.4. The van der Waals surface area contributed by atoms with Crippen molar-refractivity contribution in [2.45, 2.75) is 57.9 Å². The molecule has 1 atom stereocenters. The summed E-state index contributed by atoms with van der Waals surface area (Å²) in [6.45, 7) is 2.79. The van der Waals surface area contributed by atoms with Crippen LogP contribution in [0.1, 0.15) is 70.9 Å². The molecular weight excluding hydrogens is 634 g/mol. The number of nitrogens with one attached hydrogen (secondary N) is 2. The van der Waals surface area contributed by atoms with Crippen LogP contribution in [0.2, 0.25) is 0 Å². The van der Waals surface area contributed by atoms with Crippen LogP contribution in [-0.4, -0.2) is 41.5 Å². The van der Waals surface area contributed by atoms with Crippen LogP contribution in [-0.2, 0) is 22.4 Å². The SMILES string of the molecule is CCCCCCCOc1ccc(C(=O)Oc2ccc(C[C@H](NC(=O)c3ccc(NC(=O)Cc4cc(F)cc(F)c4)cc3)C(=O)O)cc2)cc1. The zero-order chi connectivity index (χ0) is 35.2. The maximum atomic E-state index is 13.4. The second-order valence-electron chi connectivity index (χ2n) is 11.5. The summed E-state index contributed by atoms with van der Waals surface area (Å²) >= 11 is 0. The summed E-state index contributed by atoms with van der Waals surface area (Å²) in [6.07, 6.45) is 5.40. The highest BCUT2D eigenvalue weighted by Crippen LogP contribution is 2.19. The van der Waals surface area contributed by atoms with Crippen molar-refractivity contribution in [1.29, 1.82) is 0 Å². The minimum atomic E-state index is -1.26. The average Bonchev–Trinajstić information content (AvgIpc) is 3.06. The van der Waals surface area contributed by atoms with Crippen LogP contribution in [0.5, 0.6) is 11.5 Å². The van der Waals surface area contributed by atoms with Crippen LogP contribution in [0, 0.1) is 11.6 Å². The number of carboxylic acid groups (broad SMARTS) is 1. The number of carbonyl (C=O) groups excluding carboxylic acids is 3. The van der Waals surface area contributed by atoms with Crippen molar-refractivity contribution >= 4 is 29.4 Å². The molecule has 0 aliphatic rings. The summed E-state index contributed by atoms with van der Waals surface area (Å²) in [6, 6.07) is 20.3. The number of anilines is 1. The lowest BCUT2D eigenvalue weighted by Gasteiger charge is -2.15. The number of carbonyl (C=O) groups is 4. The molecule has 0 heterocycles. The number of rotatable bonds is 17. The monoisotopic (exact) mass is 672 g/mol. The predicted octanol–water partition coefficient (Wildman–Crippen LogP) is 7.14. The second kappa shape index (κ2) is 18.1. The Morgan fingerprint density at radius 2 is 1.35 bits per heavy atom. The Morgan fingerprint density at radius 3 is 1.98 bits per heavy atom. The van der Waals surface area contributed by atoms with Crippen LogP contribution >= 0.6 is 0 Å². The van der Waals surface area contributed by atoms with Gasteiger partial charge in [-0.05, 0) is 90.3 Å². The normalized spacial score (nSPS) is 11.3. The fourth-order valence-electron chi connectivity index (χ4n) is 4.93. The highest BCUT2D eigenvalue weighted by molar-refractivity contribution is 5.98. The van der Waals surface area contributed by atoms with Gasteiger partial charge < -0.3 is 25.2 Å². The number of ether oxygens (including phenoxy) is 2. The Bertz CT molecular complexity index is 1710. The van der Waals surface area contributed by atoms with Crippen molar-refractivity contribution < 1.29 is 42.5 Å². The molecule has 0 aliphatic carbocycles. The van der Waals surface area contributed by atoms with Crippen LogP contribution in [0.3, 0.4) is 0 Å². The number of hydrogen-bond acceptors (Lipinski definition) is 6. The standard InChI is InChI=1S/C38H38F2N2O7/c1-2-3-4-5-6-19-48-32-17-11-28(12-18-32)38(47)49-33-15-7-25(8-16-33)22-34(37(45)46)42-36(44)27-9-13-31(14-10-27)41-35(43)23-26-20-29(39)24-30(40)21-26/h7-18,20-21,24,34H,2-6,19,22-23H2,1H3,(H,41,43)(H,42,44)(H,45,46)/t34-/m0/s1. The molecule has 4 rings (SSSR count).